The Kier molecular flexibility index (Phi) is 4.73. The summed E-state index contributed by atoms with van der Waals surface area (Å²) in [5, 5.41) is 2.72. The van der Waals surface area contributed by atoms with Crippen molar-refractivity contribution in [3.8, 4) is 5.88 Å². The fraction of sp³-hybridized carbons (Fsp3) is 0.444. The number of rotatable bonds is 5. The van der Waals surface area contributed by atoms with Gasteiger partial charge in [0.25, 0.3) is 0 Å². The van der Waals surface area contributed by atoms with Gasteiger partial charge in [-0.3, -0.25) is 0 Å². The van der Waals surface area contributed by atoms with Gasteiger partial charge in [-0.05, 0) is 17.8 Å². The van der Waals surface area contributed by atoms with Crippen LogP contribution in [0, 0.1) is 0 Å². The zero-order valence-corrected chi connectivity index (χ0v) is 9.86. The molecule has 17 heavy (non-hydrogen) atoms. The molecule has 0 aliphatic heterocycles. The van der Waals surface area contributed by atoms with Gasteiger partial charge in [0.1, 0.15) is 0 Å². The quantitative estimate of drug-likeness (QED) is 0.802. The van der Waals surface area contributed by atoms with Gasteiger partial charge in [0.15, 0.2) is 5.82 Å². The number of nitrogens with zero attached hydrogens (tertiary/aromatic N) is 1. The fourth-order valence-corrected chi connectivity index (χ4v) is 1.48. The number of alkyl halides is 3. The van der Waals surface area contributed by atoms with Crippen molar-refractivity contribution in [2.24, 2.45) is 0 Å². The lowest BCUT2D eigenvalue weighted by Gasteiger charge is -2.10. The molecule has 1 rings (SSSR count). The largest absolute Gasteiger partial charge is 0.481 e. The van der Waals surface area contributed by atoms with Crippen LogP contribution in [0.2, 0.25) is 0 Å². The minimum Gasteiger partial charge on any atom is -0.481 e. The monoisotopic (exact) mass is 267 g/mol. The van der Waals surface area contributed by atoms with Crippen LogP contribution in [0.1, 0.15) is 0 Å². The lowest BCUT2D eigenvalue weighted by Crippen LogP contribution is -2.11. The van der Waals surface area contributed by atoms with Gasteiger partial charge >= 0.3 is 5.51 Å². The van der Waals surface area contributed by atoms with Gasteiger partial charge in [-0.15, -0.1) is 0 Å². The Labute approximate surface area is 101 Å². The predicted molar refractivity (Wildman–Crippen MR) is 62.2 cm³/mol. The zero-order valence-electron chi connectivity index (χ0n) is 9.04. The highest BCUT2D eigenvalue weighted by atomic mass is 32.2. The van der Waals surface area contributed by atoms with E-state index in [2.05, 4.69) is 10.3 Å². The number of aromatic nitrogens is 1. The van der Waals surface area contributed by atoms with E-state index in [1.165, 1.54) is 7.11 Å². The van der Waals surface area contributed by atoms with Crippen molar-refractivity contribution < 1.29 is 17.9 Å². The first-order chi connectivity index (χ1) is 7.92. The molecular formula is C9H12F3N3OS. The molecule has 0 saturated heterocycles. The second kappa shape index (κ2) is 5.85. The summed E-state index contributed by atoms with van der Waals surface area (Å²) in [6.45, 7) is 0.120. The Bertz CT molecular complexity index is 373. The molecule has 96 valence electrons. The number of hydrogen-bond donors (Lipinski definition) is 2. The predicted octanol–water partition coefficient (Wildman–Crippen LogP) is 2.34. The molecule has 0 fully saturated rings. The Hall–Kier alpha value is -1.31. The number of methoxy groups -OCH3 is 1. The van der Waals surface area contributed by atoms with Crippen LogP contribution in [-0.2, 0) is 0 Å². The van der Waals surface area contributed by atoms with Crippen molar-refractivity contribution in [3.05, 3.63) is 12.1 Å². The molecule has 0 radical (unpaired) electrons. The fourth-order valence-electron chi connectivity index (χ4n) is 1.04. The highest BCUT2D eigenvalue weighted by Crippen LogP contribution is 2.29. The highest BCUT2D eigenvalue weighted by molar-refractivity contribution is 8.00. The number of halogens is 3. The molecule has 0 aromatic carbocycles. The van der Waals surface area contributed by atoms with E-state index < -0.39 is 5.51 Å². The van der Waals surface area contributed by atoms with E-state index in [0.29, 0.717) is 17.4 Å². The van der Waals surface area contributed by atoms with E-state index >= 15 is 0 Å². The summed E-state index contributed by atoms with van der Waals surface area (Å²) in [7, 11) is 1.45. The molecule has 0 aliphatic rings. The zero-order chi connectivity index (χ0) is 12.9. The topological polar surface area (TPSA) is 60.2 Å². The lowest BCUT2D eigenvalue weighted by molar-refractivity contribution is -0.0327. The van der Waals surface area contributed by atoms with Crippen molar-refractivity contribution in [3.63, 3.8) is 0 Å². The van der Waals surface area contributed by atoms with E-state index in [0.717, 1.165) is 0 Å². The van der Waals surface area contributed by atoms with Crippen LogP contribution < -0.4 is 15.8 Å². The van der Waals surface area contributed by atoms with Crippen molar-refractivity contribution >= 4 is 23.3 Å². The van der Waals surface area contributed by atoms with Crippen molar-refractivity contribution in [1.82, 2.24) is 4.98 Å². The summed E-state index contributed by atoms with van der Waals surface area (Å²) in [6.07, 6.45) is 0. The second-order valence-corrected chi connectivity index (χ2v) is 4.17. The maximum Gasteiger partial charge on any atom is 0.441 e. The molecule has 3 N–H and O–H groups in total. The molecule has 4 nitrogen and oxygen atoms in total. The van der Waals surface area contributed by atoms with Crippen LogP contribution in [0.5, 0.6) is 5.88 Å². The average Bonchev–Trinajstić information content (AvgIpc) is 2.25. The molecule has 0 aliphatic carbocycles. The van der Waals surface area contributed by atoms with Gasteiger partial charge in [0, 0.05) is 18.4 Å². The van der Waals surface area contributed by atoms with Gasteiger partial charge in [-0.1, -0.05) is 0 Å². The number of anilines is 2. The molecule has 1 aromatic rings. The number of pyridine rings is 1. The van der Waals surface area contributed by atoms with Crippen LogP contribution >= 0.6 is 11.8 Å². The first-order valence-corrected chi connectivity index (χ1v) is 5.66. The Balaban J connectivity index is 2.46. The molecule has 0 bridgehead atoms. The number of hydrogen-bond acceptors (Lipinski definition) is 5. The molecule has 1 aromatic heterocycles. The summed E-state index contributed by atoms with van der Waals surface area (Å²) < 4.78 is 40.4. The number of nitrogens with one attached hydrogen (secondary N) is 1. The number of ether oxygens (including phenoxy) is 1. The molecule has 0 saturated carbocycles. The molecule has 0 spiro atoms. The van der Waals surface area contributed by atoms with Crippen molar-refractivity contribution in [2.75, 3.05) is 30.5 Å². The number of nitrogens with two attached hydrogens (primary N) is 1. The average molecular weight is 267 g/mol. The third-order valence-electron chi connectivity index (χ3n) is 1.77. The van der Waals surface area contributed by atoms with Crippen LogP contribution in [0.15, 0.2) is 12.1 Å². The summed E-state index contributed by atoms with van der Waals surface area (Å²) in [5.74, 6) is 0.569. The van der Waals surface area contributed by atoms with E-state index in [9.17, 15) is 13.2 Å². The molecular weight excluding hydrogens is 255 g/mol. The van der Waals surface area contributed by atoms with Crippen LogP contribution in [0.3, 0.4) is 0 Å². The molecule has 8 heteroatoms. The standard InChI is InChI=1S/C9H12F3N3OS/c1-16-7-3-2-6(13)8(15-7)14-4-5-17-9(10,11)12/h2-3H,4-5,13H2,1H3,(H,14,15). The summed E-state index contributed by atoms with van der Waals surface area (Å²) in [6, 6.07) is 3.15. The summed E-state index contributed by atoms with van der Waals surface area (Å²) >= 11 is -0.0937. The minimum absolute atomic E-state index is 0.0937. The minimum atomic E-state index is -4.21. The van der Waals surface area contributed by atoms with Gasteiger partial charge < -0.3 is 15.8 Å². The van der Waals surface area contributed by atoms with E-state index in [4.69, 9.17) is 10.5 Å². The first-order valence-electron chi connectivity index (χ1n) is 4.67. The number of nitrogen functional groups attached to an aromatic ring is 1. The van der Waals surface area contributed by atoms with Crippen LogP contribution in [0.25, 0.3) is 0 Å². The SMILES string of the molecule is COc1ccc(N)c(NCCSC(F)(F)F)n1. The maximum atomic E-state index is 11.9. The molecule has 0 amide bonds. The molecule has 0 atom stereocenters. The third-order valence-corrected chi connectivity index (χ3v) is 2.51. The Morgan fingerprint density at radius 2 is 2.18 bits per heavy atom. The molecule has 1 heterocycles. The van der Waals surface area contributed by atoms with Gasteiger partial charge in [-0.25, -0.2) is 0 Å². The second-order valence-electron chi connectivity index (χ2n) is 3.01. The van der Waals surface area contributed by atoms with E-state index in [1.54, 1.807) is 12.1 Å². The van der Waals surface area contributed by atoms with Crippen LogP contribution in [-0.4, -0.2) is 29.9 Å². The Morgan fingerprint density at radius 1 is 1.47 bits per heavy atom. The first kappa shape index (κ1) is 13.8. The van der Waals surface area contributed by atoms with E-state index in [1.807, 2.05) is 0 Å². The van der Waals surface area contributed by atoms with Gasteiger partial charge in [0.2, 0.25) is 5.88 Å². The van der Waals surface area contributed by atoms with Crippen molar-refractivity contribution in [1.29, 1.82) is 0 Å². The lowest BCUT2D eigenvalue weighted by atomic mass is 10.4. The van der Waals surface area contributed by atoms with Gasteiger partial charge in [-0.2, -0.15) is 18.2 Å². The van der Waals surface area contributed by atoms with Crippen molar-refractivity contribution in [2.45, 2.75) is 5.51 Å². The number of thioether (sulfide) groups is 1. The normalized spacial score (nSPS) is 11.3. The van der Waals surface area contributed by atoms with Crippen LogP contribution in [0.4, 0.5) is 24.7 Å². The summed E-state index contributed by atoms with van der Waals surface area (Å²) in [4.78, 5) is 3.98. The smallest absolute Gasteiger partial charge is 0.441 e. The Morgan fingerprint density at radius 3 is 2.76 bits per heavy atom. The summed E-state index contributed by atoms with van der Waals surface area (Å²) in [5.41, 5.74) is 1.75. The van der Waals surface area contributed by atoms with E-state index in [-0.39, 0.29) is 24.1 Å². The van der Waals surface area contributed by atoms with Gasteiger partial charge in [0.05, 0.1) is 12.8 Å². The third kappa shape index (κ3) is 5.03. The highest BCUT2D eigenvalue weighted by Gasteiger charge is 2.27. The molecule has 0 unspecified atom stereocenters. The maximum absolute atomic E-state index is 11.9.